The average Bonchev–Trinajstić information content (AvgIpc) is 2.73. The van der Waals surface area contributed by atoms with Gasteiger partial charge in [-0.3, -0.25) is 9.67 Å². The van der Waals surface area contributed by atoms with E-state index in [4.69, 9.17) is 0 Å². The van der Waals surface area contributed by atoms with Gasteiger partial charge in [-0.05, 0) is 24.8 Å². The third-order valence-corrected chi connectivity index (χ3v) is 4.03. The third kappa shape index (κ3) is 2.67. The van der Waals surface area contributed by atoms with Crippen molar-refractivity contribution in [2.75, 3.05) is 0 Å². The molecule has 0 aliphatic rings. The molecule has 21 heavy (non-hydrogen) atoms. The predicted molar refractivity (Wildman–Crippen MR) is 85.0 cm³/mol. The summed E-state index contributed by atoms with van der Waals surface area (Å²) in [5.74, 6) is 0. The summed E-state index contributed by atoms with van der Waals surface area (Å²) >= 11 is 0. The average molecular weight is 280 g/mol. The lowest BCUT2D eigenvalue weighted by Crippen LogP contribution is -2.14. The summed E-state index contributed by atoms with van der Waals surface area (Å²) in [5.41, 5.74) is 4.83. The molecule has 108 valence electrons. The summed E-state index contributed by atoms with van der Waals surface area (Å²) in [4.78, 5) is 4.32. The highest BCUT2D eigenvalue weighted by Crippen LogP contribution is 2.17. The zero-order valence-electron chi connectivity index (χ0n) is 12.7. The maximum absolute atomic E-state index is 4.45. The Balaban J connectivity index is 1.75. The Morgan fingerprint density at radius 1 is 1.10 bits per heavy atom. The Labute approximate surface area is 124 Å². The molecule has 0 spiro atoms. The molecule has 1 aromatic carbocycles. The van der Waals surface area contributed by atoms with Gasteiger partial charge in [-0.25, -0.2) is 0 Å². The van der Waals surface area contributed by atoms with E-state index in [1.54, 1.807) is 0 Å². The zero-order valence-corrected chi connectivity index (χ0v) is 12.7. The van der Waals surface area contributed by atoms with Gasteiger partial charge in [-0.2, -0.15) is 5.10 Å². The van der Waals surface area contributed by atoms with Gasteiger partial charge in [-0.15, -0.1) is 0 Å². The van der Waals surface area contributed by atoms with Crippen LogP contribution in [0.2, 0.25) is 0 Å². The first-order valence-electron chi connectivity index (χ1n) is 7.18. The van der Waals surface area contributed by atoms with Crippen LogP contribution in [0.5, 0.6) is 0 Å². The Kier molecular flexibility index (Phi) is 3.71. The lowest BCUT2D eigenvalue weighted by atomic mass is 10.1. The number of nitrogens with zero attached hydrogens (tertiary/aromatic N) is 3. The molecule has 3 rings (SSSR count). The number of nitrogens with one attached hydrogen (secondary N) is 1. The van der Waals surface area contributed by atoms with Crippen molar-refractivity contribution in [1.82, 2.24) is 20.1 Å². The second-order valence-corrected chi connectivity index (χ2v) is 5.40. The Morgan fingerprint density at radius 2 is 1.90 bits per heavy atom. The van der Waals surface area contributed by atoms with Crippen LogP contribution in [-0.2, 0) is 20.1 Å². The van der Waals surface area contributed by atoms with Gasteiger partial charge in [0, 0.05) is 49.2 Å². The molecule has 0 fully saturated rings. The quantitative estimate of drug-likeness (QED) is 0.799. The van der Waals surface area contributed by atoms with Gasteiger partial charge in [0.25, 0.3) is 0 Å². The van der Waals surface area contributed by atoms with Crippen molar-refractivity contribution < 1.29 is 0 Å². The standard InChI is InChI=1S/C17H20N4/c1-12-17(13(2)21(3)20-12)11-19-10-15-9-18-8-14-6-4-5-7-16(14)15/h4-9,19H,10-11H2,1-3H3. The Morgan fingerprint density at radius 3 is 2.67 bits per heavy atom. The van der Waals surface area contributed by atoms with Gasteiger partial charge >= 0.3 is 0 Å². The first-order valence-corrected chi connectivity index (χ1v) is 7.18. The number of fused-ring (bicyclic) bond motifs is 1. The van der Waals surface area contributed by atoms with E-state index in [9.17, 15) is 0 Å². The molecule has 0 radical (unpaired) electrons. The van der Waals surface area contributed by atoms with Crippen LogP contribution in [0.15, 0.2) is 36.7 Å². The van der Waals surface area contributed by atoms with Crippen LogP contribution in [0.25, 0.3) is 10.8 Å². The number of aromatic nitrogens is 3. The number of benzene rings is 1. The van der Waals surface area contributed by atoms with Crippen LogP contribution in [0.4, 0.5) is 0 Å². The van der Waals surface area contributed by atoms with E-state index in [1.165, 1.54) is 27.6 Å². The van der Waals surface area contributed by atoms with E-state index in [1.807, 2.05) is 30.2 Å². The van der Waals surface area contributed by atoms with Crippen molar-refractivity contribution in [3.05, 3.63) is 59.2 Å². The van der Waals surface area contributed by atoms with Gasteiger partial charge in [0.2, 0.25) is 0 Å². The minimum atomic E-state index is 0.808. The molecule has 0 aliphatic carbocycles. The van der Waals surface area contributed by atoms with E-state index in [-0.39, 0.29) is 0 Å². The first-order chi connectivity index (χ1) is 10.2. The Bertz CT molecular complexity index is 768. The molecular formula is C17H20N4. The van der Waals surface area contributed by atoms with Gasteiger partial charge in [-0.1, -0.05) is 24.3 Å². The monoisotopic (exact) mass is 280 g/mol. The summed E-state index contributed by atoms with van der Waals surface area (Å²) in [7, 11) is 1.99. The van der Waals surface area contributed by atoms with Gasteiger partial charge < -0.3 is 5.32 Å². The third-order valence-electron chi connectivity index (χ3n) is 4.03. The van der Waals surface area contributed by atoms with Gasteiger partial charge in [0.1, 0.15) is 0 Å². The molecule has 2 heterocycles. The maximum atomic E-state index is 4.45. The van der Waals surface area contributed by atoms with Crippen LogP contribution in [0, 0.1) is 13.8 Å². The number of hydrogen-bond donors (Lipinski definition) is 1. The fourth-order valence-corrected chi connectivity index (χ4v) is 2.72. The minimum absolute atomic E-state index is 0.808. The highest BCUT2D eigenvalue weighted by atomic mass is 15.3. The highest BCUT2D eigenvalue weighted by Gasteiger charge is 2.09. The predicted octanol–water partition coefficient (Wildman–Crippen LogP) is 2.87. The maximum Gasteiger partial charge on any atom is 0.0641 e. The van der Waals surface area contributed by atoms with Crippen molar-refractivity contribution >= 4 is 10.8 Å². The molecule has 3 aromatic rings. The molecule has 2 aromatic heterocycles. The summed E-state index contributed by atoms with van der Waals surface area (Å²) in [6.45, 7) is 5.80. The van der Waals surface area contributed by atoms with Crippen molar-refractivity contribution in [1.29, 1.82) is 0 Å². The number of aryl methyl sites for hydroxylation is 2. The van der Waals surface area contributed by atoms with Crippen LogP contribution in [0.3, 0.4) is 0 Å². The number of pyridine rings is 1. The molecule has 1 N–H and O–H groups in total. The zero-order chi connectivity index (χ0) is 14.8. The number of rotatable bonds is 4. The topological polar surface area (TPSA) is 42.7 Å². The van der Waals surface area contributed by atoms with Crippen molar-refractivity contribution in [3.63, 3.8) is 0 Å². The fraction of sp³-hybridized carbons (Fsp3) is 0.294. The molecule has 4 heteroatoms. The van der Waals surface area contributed by atoms with E-state index in [2.05, 4.69) is 47.4 Å². The summed E-state index contributed by atoms with van der Waals surface area (Å²) in [6, 6.07) is 8.36. The van der Waals surface area contributed by atoms with Crippen LogP contribution in [-0.4, -0.2) is 14.8 Å². The fourth-order valence-electron chi connectivity index (χ4n) is 2.72. The normalized spacial score (nSPS) is 11.2. The highest BCUT2D eigenvalue weighted by molar-refractivity contribution is 5.84. The summed E-state index contributed by atoms with van der Waals surface area (Å²) in [6.07, 6.45) is 3.85. The van der Waals surface area contributed by atoms with E-state index in [0.29, 0.717) is 0 Å². The molecule has 0 unspecified atom stereocenters. The van der Waals surface area contributed by atoms with Crippen LogP contribution < -0.4 is 5.32 Å². The second kappa shape index (κ2) is 5.66. The largest absolute Gasteiger partial charge is 0.308 e. The second-order valence-electron chi connectivity index (χ2n) is 5.40. The molecule has 0 aliphatic heterocycles. The lowest BCUT2D eigenvalue weighted by molar-refractivity contribution is 0.685. The van der Waals surface area contributed by atoms with Crippen molar-refractivity contribution in [2.24, 2.45) is 7.05 Å². The SMILES string of the molecule is Cc1nn(C)c(C)c1CNCc1cncc2ccccc12. The summed E-state index contributed by atoms with van der Waals surface area (Å²) in [5, 5.41) is 10.4. The van der Waals surface area contributed by atoms with E-state index < -0.39 is 0 Å². The van der Waals surface area contributed by atoms with E-state index >= 15 is 0 Å². The van der Waals surface area contributed by atoms with E-state index in [0.717, 1.165) is 18.8 Å². The van der Waals surface area contributed by atoms with Gasteiger partial charge in [0.15, 0.2) is 0 Å². The van der Waals surface area contributed by atoms with Crippen molar-refractivity contribution in [3.8, 4) is 0 Å². The molecule has 0 saturated heterocycles. The molecule has 4 nitrogen and oxygen atoms in total. The molecular weight excluding hydrogens is 260 g/mol. The molecule has 0 amide bonds. The van der Waals surface area contributed by atoms with Crippen LogP contribution in [0.1, 0.15) is 22.5 Å². The lowest BCUT2D eigenvalue weighted by Gasteiger charge is -2.08. The molecule has 0 atom stereocenters. The van der Waals surface area contributed by atoms with Gasteiger partial charge in [0.05, 0.1) is 5.69 Å². The summed E-state index contributed by atoms with van der Waals surface area (Å²) < 4.78 is 1.94. The molecule has 0 bridgehead atoms. The first kappa shape index (κ1) is 13.8. The number of hydrogen-bond acceptors (Lipinski definition) is 3. The smallest absolute Gasteiger partial charge is 0.0641 e. The molecule has 0 saturated carbocycles. The Hall–Kier alpha value is -2.20. The minimum Gasteiger partial charge on any atom is -0.308 e. The van der Waals surface area contributed by atoms with Crippen molar-refractivity contribution in [2.45, 2.75) is 26.9 Å². The van der Waals surface area contributed by atoms with Crippen LogP contribution >= 0.6 is 0 Å².